The molecule has 0 bridgehead atoms. The van der Waals surface area contributed by atoms with Crippen molar-refractivity contribution < 1.29 is 9.50 Å². The van der Waals surface area contributed by atoms with Gasteiger partial charge in [-0.25, -0.2) is 4.39 Å². The van der Waals surface area contributed by atoms with E-state index in [-0.39, 0.29) is 11.6 Å². The average molecular weight is 248 g/mol. The molecule has 1 aromatic carbocycles. The fourth-order valence-corrected chi connectivity index (χ4v) is 2.41. The largest absolute Gasteiger partial charge is 0.391 e. The zero-order valence-electron chi connectivity index (χ0n) is 10.2. The predicted octanol–water partition coefficient (Wildman–Crippen LogP) is 2.80. The Morgan fingerprint density at radius 3 is 2.83 bits per heavy atom. The van der Waals surface area contributed by atoms with Crippen LogP contribution in [0, 0.1) is 17.1 Å². The maximum absolute atomic E-state index is 13.5. The van der Waals surface area contributed by atoms with Crippen LogP contribution in [0.1, 0.15) is 37.7 Å². The van der Waals surface area contributed by atoms with Crippen molar-refractivity contribution in [1.29, 1.82) is 5.26 Å². The van der Waals surface area contributed by atoms with Crippen LogP contribution in [0.2, 0.25) is 0 Å². The fourth-order valence-electron chi connectivity index (χ4n) is 2.41. The molecule has 96 valence electrons. The standard InChI is InChI=1S/C14H17FN2O/c15-11-5-4-7-12(10(11)9-16)17-13-6-2-1-3-8-14(13)18/h4-5,7,13-14,17-18H,1-3,6,8H2. The predicted molar refractivity (Wildman–Crippen MR) is 67.6 cm³/mol. The van der Waals surface area contributed by atoms with Crippen molar-refractivity contribution in [2.24, 2.45) is 0 Å². The molecule has 1 fully saturated rings. The minimum Gasteiger partial charge on any atom is -0.391 e. The summed E-state index contributed by atoms with van der Waals surface area (Å²) < 4.78 is 13.5. The highest BCUT2D eigenvalue weighted by Gasteiger charge is 2.22. The van der Waals surface area contributed by atoms with Gasteiger partial charge in [-0.05, 0) is 25.0 Å². The first-order valence-corrected chi connectivity index (χ1v) is 6.35. The Bertz CT molecular complexity index is 456. The van der Waals surface area contributed by atoms with E-state index in [1.165, 1.54) is 6.07 Å². The molecule has 2 unspecified atom stereocenters. The van der Waals surface area contributed by atoms with Crippen molar-refractivity contribution in [3.63, 3.8) is 0 Å². The average Bonchev–Trinajstić information content (AvgIpc) is 2.55. The number of anilines is 1. The second kappa shape index (κ2) is 5.83. The van der Waals surface area contributed by atoms with Crippen molar-refractivity contribution in [3.8, 4) is 6.07 Å². The van der Waals surface area contributed by atoms with E-state index in [0.717, 1.165) is 32.1 Å². The normalized spacial score (nSPS) is 24.1. The highest BCUT2D eigenvalue weighted by molar-refractivity contribution is 5.58. The minimum atomic E-state index is -0.523. The maximum Gasteiger partial charge on any atom is 0.143 e. The minimum absolute atomic E-state index is 0.0222. The third kappa shape index (κ3) is 2.80. The Kier molecular flexibility index (Phi) is 4.16. The van der Waals surface area contributed by atoms with Crippen LogP contribution in [0.25, 0.3) is 0 Å². The second-order valence-corrected chi connectivity index (χ2v) is 4.73. The van der Waals surface area contributed by atoms with Gasteiger partial charge in [-0.3, -0.25) is 0 Å². The monoisotopic (exact) mass is 248 g/mol. The zero-order chi connectivity index (χ0) is 13.0. The second-order valence-electron chi connectivity index (χ2n) is 4.73. The van der Waals surface area contributed by atoms with Gasteiger partial charge in [0.1, 0.15) is 17.4 Å². The Morgan fingerprint density at radius 1 is 1.28 bits per heavy atom. The number of aliphatic hydroxyl groups excluding tert-OH is 1. The molecule has 0 amide bonds. The van der Waals surface area contributed by atoms with Crippen molar-refractivity contribution in [3.05, 3.63) is 29.6 Å². The molecule has 0 radical (unpaired) electrons. The van der Waals surface area contributed by atoms with E-state index in [1.54, 1.807) is 12.1 Å². The van der Waals surface area contributed by atoms with Gasteiger partial charge < -0.3 is 10.4 Å². The fraction of sp³-hybridized carbons (Fsp3) is 0.500. The van der Waals surface area contributed by atoms with Crippen LogP contribution < -0.4 is 5.32 Å². The lowest BCUT2D eigenvalue weighted by Crippen LogP contribution is -2.32. The number of hydrogen-bond acceptors (Lipinski definition) is 3. The molecule has 1 aliphatic rings. The Morgan fingerprint density at radius 2 is 2.06 bits per heavy atom. The third-order valence-electron chi connectivity index (χ3n) is 3.45. The van der Waals surface area contributed by atoms with E-state index in [4.69, 9.17) is 5.26 Å². The summed E-state index contributed by atoms with van der Waals surface area (Å²) in [5.41, 5.74) is 0.498. The Balaban J connectivity index is 2.18. The molecule has 0 aromatic heterocycles. The van der Waals surface area contributed by atoms with Crippen LogP contribution in [0.3, 0.4) is 0 Å². The highest BCUT2D eigenvalue weighted by Crippen LogP contribution is 2.24. The zero-order valence-corrected chi connectivity index (χ0v) is 10.2. The van der Waals surface area contributed by atoms with Crippen molar-refractivity contribution >= 4 is 5.69 Å². The quantitative estimate of drug-likeness (QED) is 0.791. The molecular formula is C14H17FN2O. The first-order valence-electron chi connectivity index (χ1n) is 6.35. The molecule has 2 N–H and O–H groups in total. The van der Waals surface area contributed by atoms with Crippen molar-refractivity contribution in [2.45, 2.75) is 44.2 Å². The van der Waals surface area contributed by atoms with E-state index in [1.807, 2.05) is 6.07 Å². The summed E-state index contributed by atoms with van der Waals surface area (Å²) in [6, 6.07) is 6.29. The number of nitrogens with one attached hydrogen (secondary N) is 1. The summed E-state index contributed by atoms with van der Waals surface area (Å²) in [6.45, 7) is 0. The van der Waals surface area contributed by atoms with Gasteiger partial charge in [0, 0.05) is 0 Å². The smallest absolute Gasteiger partial charge is 0.143 e. The SMILES string of the molecule is N#Cc1c(F)cccc1NC1CCCCCC1O. The third-order valence-corrected chi connectivity index (χ3v) is 3.45. The van der Waals surface area contributed by atoms with Crippen molar-refractivity contribution in [2.75, 3.05) is 5.32 Å². The molecule has 0 heterocycles. The van der Waals surface area contributed by atoms with Gasteiger partial charge in [-0.2, -0.15) is 5.26 Å². The number of benzene rings is 1. The Hall–Kier alpha value is -1.60. The number of rotatable bonds is 2. The van der Waals surface area contributed by atoms with Gasteiger partial charge in [0.25, 0.3) is 0 Å². The number of nitrogens with zero attached hydrogens (tertiary/aromatic N) is 1. The molecule has 1 saturated carbocycles. The maximum atomic E-state index is 13.5. The van der Waals surface area contributed by atoms with Gasteiger partial charge in [-0.15, -0.1) is 0 Å². The Labute approximate surface area is 106 Å². The molecule has 1 aliphatic carbocycles. The number of aliphatic hydroxyl groups is 1. The van der Waals surface area contributed by atoms with Crippen molar-refractivity contribution in [1.82, 2.24) is 0 Å². The molecule has 3 nitrogen and oxygen atoms in total. The lowest BCUT2D eigenvalue weighted by Gasteiger charge is -2.23. The summed E-state index contributed by atoms with van der Waals surface area (Å²) in [7, 11) is 0. The topological polar surface area (TPSA) is 56.0 Å². The molecule has 2 rings (SSSR count). The van der Waals surface area contributed by atoms with Crippen LogP contribution >= 0.6 is 0 Å². The highest BCUT2D eigenvalue weighted by atomic mass is 19.1. The van der Waals surface area contributed by atoms with E-state index in [0.29, 0.717) is 5.69 Å². The molecule has 0 saturated heterocycles. The summed E-state index contributed by atoms with van der Waals surface area (Å²) in [5, 5.41) is 22.1. The first-order chi connectivity index (χ1) is 8.72. The summed E-state index contributed by atoms with van der Waals surface area (Å²) in [6.07, 6.45) is 4.36. The summed E-state index contributed by atoms with van der Waals surface area (Å²) >= 11 is 0. The molecular weight excluding hydrogens is 231 g/mol. The van der Waals surface area contributed by atoms with Gasteiger partial charge in [0.15, 0.2) is 0 Å². The van der Waals surface area contributed by atoms with Crippen LogP contribution in [-0.4, -0.2) is 17.3 Å². The summed E-state index contributed by atoms with van der Waals surface area (Å²) in [5.74, 6) is -0.523. The number of hydrogen-bond donors (Lipinski definition) is 2. The van der Waals surface area contributed by atoms with Gasteiger partial charge in [-0.1, -0.05) is 25.3 Å². The van der Waals surface area contributed by atoms with E-state index in [2.05, 4.69) is 5.32 Å². The molecule has 2 atom stereocenters. The lowest BCUT2D eigenvalue weighted by atomic mass is 10.0. The molecule has 1 aromatic rings. The molecule has 0 aliphatic heterocycles. The number of nitriles is 1. The summed E-state index contributed by atoms with van der Waals surface area (Å²) in [4.78, 5) is 0. The first kappa shape index (κ1) is 12.8. The van der Waals surface area contributed by atoms with Crippen LogP contribution in [0.15, 0.2) is 18.2 Å². The van der Waals surface area contributed by atoms with E-state index >= 15 is 0 Å². The van der Waals surface area contributed by atoms with Gasteiger partial charge in [0.05, 0.1) is 17.8 Å². The van der Waals surface area contributed by atoms with Crippen LogP contribution in [0.5, 0.6) is 0 Å². The van der Waals surface area contributed by atoms with E-state index in [9.17, 15) is 9.50 Å². The molecule has 4 heteroatoms. The molecule has 18 heavy (non-hydrogen) atoms. The molecule has 0 spiro atoms. The van der Waals surface area contributed by atoms with Crippen LogP contribution in [-0.2, 0) is 0 Å². The lowest BCUT2D eigenvalue weighted by molar-refractivity contribution is 0.144. The van der Waals surface area contributed by atoms with Gasteiger partial charge in [0.2, 0.25) is 0 Å². The van der Waals surface area contributed by atoms with Crippen LogP contribution in [0.4, 0.5) is 10.1 Å². The number of halogens is 1. The van der Waals surface area contributed by atoms with Gasteiger partial charge >= 0.3 is 0 Å². The van der Waals surface area contributed by atoms with E-state index < -0.39 is 11.9 Å².